The van der Waals surface area contributed by atoms with Gasteiger partial charge in [0.15, 0.2) is 0 Å². The van der Waals surface area contributed by atoms with Crippen LogP contribution in [0.1, 0.15) is 51.2 Å². The second-order valence-electron chi connectivity index (χ2n) is 9.25. The Morgan fingerprint density at radius 3 is 2.93 bits per heavy atom. The summed E-state index contributed by atoms with van der Waals surface area (Å²) in [5.74, 6) is 0.503. The topological polar surface area (TPSA) is 47.6 Å². The molecule has 1 heterocycles. The number of nitrogens with one attached hydrogen (secondary N) is 1. The smallest absolute Gasteiger partial charge is 0.222 e. The molecule has 2 bridgehead atoms. The van der Waals surface area contributed by atoms with E-state index in [1.54, 1.807) is 13.2 Å². The summed E-state index contributed by atoms with van der Waals surface area (Å²) < 4.78 is 24.8. The molecule has 1 aromatic rings. The summed E-state index contributed by atoms with van der Waals surface area (Å²) in [6, 6.07) is 4.67. The average Bonchev–Trinajstić information content (AvgIpc) is 3.13. The molecule has 1 aromatic carbocycles. The predicted octanol–water partition coefficient (Wildman–Crippen LogP) is 4.51. The molecule has 0 radical (unpaired) electrons. The van der Waals surface area contributed by atoms with Gasteiger partial charge in [-0.2, -0.15) is 0 Å². The summed E-state index contributed by atoms with van der Waals surface area (Å²) in [6.07, 6.45) is 3.30. The first kappa shape index (κ1) is 20.1. The fraction of sp³-hybridized carbons (Fsp3) is 0.682. The highest BCUT2D eigenvalue weighted by Crippen LogP contribution is 2.70. The van der Waals surface area contributed by atoms with Crippen molar-refractivity contribution in [1.82, 2.24) is 5.32 Å². The SMILES string of the molecule is COCCC(=O)N[C@@H]1C(C)(C)[C@@H]2C[C@@H]3[C@@H](c4ccc(F)cc4Cl)OCC[C@@]31C2. The van der Waals surface area contributed by atoms with Gasteiger partial charge in [0.2, 0.25) is 5.91 Å². The lowest BCUT2D eigenvalue weighted by atomic mass is 9.59. The molecule has 154 valence electrons. The number of rotatable bonds is 5. The summed E-state index contributed by atoms with van der Waals surface area (Å²) in [5.41, 5.74) is 0.896. The Morgan fingerprint density at radius 1 is 1.43 bits per heavy atom. The summed E-state index contributed by atoms with van der Waals surface area (Å²) in [4.78, 5) is 12.6. The van der Waals surface area contributed by atoms with Gasteiger partial charge in [-0.15, -0.1) is 0 Å². The van der Waals surface area contributed by atoms with Gasteiger partial charge >= 0.3 is 0 Å². The molecule has 1 N–H and O–H groups in total. The summed E-state index contributed by atoms with van der Waals surface area (Å²) in [6.45, 7) is 5.61. The van der Waals surface area contributed by atoms with Crippen LogP contribution in [0.4, 0.5) is 4.39 Å². The van der Waals surface area contributed by atoms with E-state index in [1.165, 1.54) is 12.1 Å². The van der Waals surface area contributed by atoms with Crippen LogP contribution in [-0.2, 0) is 14.3 Å². The van der Waals surface area contributed by atoms with E-state index in [-0.39, 0.29) is 40.6 Å². The fourth-order valence-electron chi connectivity index (χ4n) is 6.26. The van der Waals surface area contributed by atoms with Crippen LogP contribution < -0.4 is 5.32 Å². The number of amides is 1. The maximum absolute atomic E-state index is 13.6. The van der Waals surface area contributed by atoms with Gasteiger partial charge in [-0.25, -0.2) is 4.39 Å². The molecule has 5 atom stereocenters. The van der Waals surface area contributed by atoms with Crippen LogP contribution in [0.3, 0.4) is 0 Å². The van der Waals surface area contributed by atoms with E-state index in [4.69, 9.17) is 21.1 Å². The molecule has 2 saturated carbocycles. The van der Waals surface area contributed by atoms with Crippen molar-refractivity contribution in [2.45, 2.75) is 51.7 Å². The number of fused-ring (bicyclic) bond motifs is 1. The Balaban J connectivity index is 1.65. The zero-order valence-corrected chi connectivity index (χ0v) is 17.5. The van der Waals surface area contributed by atoms with Gasteiger partial charge in [0.1, 0.15) is 5.82 Å². The monoisotopic (exact) mass is 409 g/mol. The first-order valence-corrected chi connectivity index (χ1v) is 10.5. The Labute approximate surface area is 171 Å². The first-order chi connectivity index (χ1) is 13.3. The number of methoxy groups -OCH3 is 1. The van der Waals surface area contributed by atoms with E-state index >= 15 is 0 Å². The molecule has 2 aliphatic carbocycles. The molecule has 4 rings (SSSR count). The number of benzene rings is 1. The Bertz CT molecular complexity index is 770. The second kappa shape index (κ2) is 7.26. The highest BCUT2D eigenvalue weighted by molar-refractivity contribution is 6.31. The number of carbonyl (C=O) groups excluding carboxylic acids is 1. The van der Waals surface area contributed by atoms with Crippen molar-refractivity contribution in [3.05, 3.63) is 34.6 Å². The largest absolute Gasteiger partial charge is 0.384 e. The van der Waals surface area contributed by atoms with Crippen LogP contribution in [0.5, 0.6) is 0 Å². The summed E-state index contributed by atoms with van der Waals surface area (Å²) in [7, 11) is 1.61. The Morgan fingerprint density at radius 2 is 2.21 bits per heavy atom. The lowest BCUT2D eigenvalue weighted by molar-refractivity contribution is -0.137. The number of ether oxygens (including phenoxy) is 2. The molecular weight excluding hydrogens is 381 g/mol. The molecule has 3 fully saturated rings. The molecular formula is C22H29ClFNO3. The van der Waals surface area contributed by atoms with Crippen molar-refractivity contribution in [3.8, 4) is 0 Å². The average molecular weight is 410 g/mol. The number of carbonyl (C=O) groups is 1. The van der Waals surface area contributed by atoms with E-state index in [0.29, 0.717) is 30.6 Å². The minimum absolute atomic E-state index is 0.00245. The van der Waals surface area contributed by atoms with Crippen LogP contribution in [0.15, 0.2) is 18.2 Å². The number of hydrogen-bond acceptors (Lipinski definition) is 3. The fourth-order valence-corrected chi connectivity index (χ4v) is 6.53. The molecule has 1 saturated heterocycles. The van der Waals surface area contributed by atoms with Gasteiger partial charge in [-0.05, 0) is 59.6 Å². The molecule has 28 heavy (non-hydrogen) atoms. The lowest BCUT2D eigenvalue weighted by Gasteiger charge is -2.53. The molecule has 1 aliphatic heterocycles. The van der Waals surface area contributed by atoms with Crippen LogP contribution in [-0.4, -0.2) is 32.3 Å². The van der Waals surface area contributed by atoms with E-state index in [9.17, 15) is 9.18 Å². The van der Waals surface area contributed by atoms with Crippen LogP contribution in [0, 0.1) is 28.5 Å². The van der Waals surface area contributed by atoms with Crippen molar-refractivity contribution in [3.63, 3.8) is 0 Å². The number of hydrogen-bond donors (Lipinski definition) is 1. The van der Waals surface area contributed by atoms with Gasteiger partial charge < -0.3 is 14.8 Å². The maximum atomic E-state index is 13.6. The molecule has 3 aliphatic rings. The van der Waals surface area contributed by atoms with Crippen molar-refractivity contribution in [2.24, 2.45) is 22.7 Å². The van der Waals surface area contributed by atoms with Crippen LogP contribution in [0.25, 0.3) is 0 Å². The Kier molecular flexibility index (Phi) is 5.22. The van der Waals surface area contributed by atoms with Crippen molar-refractivity contribution in [1.29, 1.82) is 0 Å². The van der Waals surface area contributed by atoms with Crippen molar-refractivity contribution in [2.75, 3.05) is 20.3 Å². The molecule has 1 amide bonds. The minimum Gasteiger partial charge on any atom is -0.384 e. The third-order valence-corrected chi connectivity index (χ3v) is 7.94. The zero-order valence-electron chi connectivity index (χ0n) is 16.8. The lowest BCUT2D eigenvalue weighted by Crippen LogP contribution is -2.59. The summed E-state index contributed by atoms with van der Waals surface area (Å²) >= 11 is 6.38. The van der Waals surface area contributed by atoms with Gasteiger partial charge in [0.05, 0.1) is 12.7 Å². The highest BCUT2D eigenvalue weighted by Gasteiger charge is 2.68. The van der Waals surface area contributed by atoms with Crippen LogP contribution >= 0.6 is 11.6 Å². The van der Waals surface area contributed by atoms with Gasteiger partial charge in [-0.3, -0.25) is 4.79 Å². The first-order valence-electron chi connectivity index (χ1n) is 10.1. The molecule has 0 unspecified atom stereocenters. The summed E-state index contributed by atoms with van der Waals surface area (Å²) in [5, 5.41) is 3.77. The number of halogens is 2. The van der Waals surface area contributed by atoms with Crippen molar-refractivity contribution >= 4 is 17.5 Å². The predicted molar refractivity (Wildman–Crippen MR) is 106 cm³/mol. The second-order valence-corrected chi connectivity index (χ2v) is 9.66. The standard InChI is InChI=1S/C22H29ClFNO3/c1-21(2)13-10-16-19(15-5-4-14(24)11-17(15)23)28-9-7-22(16,12-13)20(21)25-18(26)6-8-27-3/h4-5,11,13,16,19-20H,6-10,12H2,1-3H3,(H,25,26)/t13-,16-,19-,20-,22-/m1/s1. The zero-order chi connectivity index (χ0) is 20.1. The van der Waals surface area contributed by atoms with E-state index in [2.05, 4.69) is 19.2 Å². The van der Waals surface area contributed by atoms with Gasteiger partial charge in [0, 0.05) is 31.2 Å². The Hall–Kier alpha value is -1.17. The highest BCUT2D eigenvalue weighted by atomic mass is 35.5. The molecule has 1 spiro atoms. The quantitative estimate of drug-likeness (QED) is 0.778. The molecule has 6 heteroatoms. The third kappa shape index (κ3) is 3.06. The van der Waals surface area contributed by atoms with E-state index in [0.717, 1.165) is 24.8 Å². The maximum Gasteiger partial charge on any atom is 0.222 e. The van der Waals surface area contributed by atoms with Gasteiger partial charge in [-0.1, -0.05) is 31.5 Å². The van der Waals surface area contributed by atoms with Crippen LogP contribution in [0.2, 0.25) is 5.02 Å². The molecule has 4 nitrogen and oxygen atoms in total. The minimum atomic E-state index is -0.336. The normalized spacial score (nSPS) is 35.6. The van der Waals surface area contributed by atoms with Gasteiger partial charge in [0.25, 0.3) is 0 Å². The van der Waals surface area contributed by atoms with E-state index < -0.39 is 0 Å². The molecule has 0 aromatic heterocycles. The third-order valence-electron chi connectivity index (χ3n) is 7.61. The van der Waals surface area contributed by atoms with E-state index in [1.807, 2.05) is 0 Å². The van der Waals surface area contributed by atoms with Crippen molar-refractivity contribution < 1.29 is 18.7 Å².